The Labute approximate surface area is 87.0 Å². The summed E-state index contributed by atoms with van der Waals surface area (Å²) in [5, 5.41) is 2.30. The fourth-order valence-electron chi connectivity index (χ4n) is 0.925. The molecular formula is C10H11NO4. The fraction of sp³-hybridized carbons (Fsp3) is 0.200. The molecule has 0 aromatic heterocycles. The van der Waals surface area contributed by atoms with E-state index in [1.165, 1.54) is 20.0 Å². The Morgan fingerprint density at radius 2 is 1.80 bits per heavy atom. The van der Waals surface area contributed by atoms with Gasteiger partial charge in [-0.2, -0.15) is 0 Å². The summed E-state index contributed by atoms with van der Waals surface area (Å²) in [6, 6.07) is 6.26. The number of ether oxygens (including phenoxy) is 2. The number of carbonyl (C=O) groups excluding carboxylic acids is 2. The minimum absolute atomic E-state index is 0.313. The predicted molar refractivity (Wildman–Crippen MR) is 52.8 cm³/mol. The summed E-state index contributed by atoms with van der Waals surface area (Å²) in [6.07, 6.45) is -0.574. The van der Waals surface area contributed by atoms with Crippen molar-refractivity contribution in [2.24, 2.45) is 0 Å². The Morgan fingerprint density at radius 3 is 2.33 bits per heavy atom. The highest BCUT2D eigenvalue weighted by Gasteiger charge is 2.03. The summed E-state index contributed by atoms with van der Waals surface area (Å²) < 4.78 is 9.66. The minimum Gasteiger partial charge on any atom is -0.427 e. The molecule has 5 heteroatoms. The van der Waals surface area contributed by atoms with E-state index in [1.807, 2.05) is 0 Å². The molecule has 1 amide bonds. The van der Waals surface area contributed by atoms with Gasteiger partial charge in [-0.1, -0.05) is 6.07 Å². The molecule has 1 aromatic carbocycles. The molecule has 1 aromatic rings. The molecule has 0 aliphatic rings. The lowest BCUT2D eigenvalue weighted by molar-refractivity contribution is -0.131. The molecule has 80 valence electrons. The first-order chi connectivity index (χ1) is 7.11. The predicted octanol–water partition coefficient (Wildman–Crippen LogP) is 1.33. The number of carbonyl (C=O) groups is 2. The summed E-state index contributed by atoms with van der Waals surface area (Å²) in [6.45, 7) is 1.30. The third-order valence-corrected chi connectivity index (χ3v) is 1.48. The average Bonchev–Trinajstić information content (AvgIpc) is 2.17. The van der Waals surface area contributed by atoms with Gasteiger partial charge in [0.25, 0.3) is 0 Å². The van der Waals surface area contributed by atoms with E-state index in [-0.39, 0.29) is 0 Å². The Kier molecular flexibility index (Phi) is 3.68. The zero-order valence-electron chi connectivity index (χ0n) is 8.44. The van der Waals surface area contributed by atoms with Gasteiger partial charge in [0.05, 0.1) is 0 Å². The third-order valence-electron chi connectivity index (χ3n) is 1.48. The minimum atomic E-state index is -0.574. The van der Waals surface area contributed by atoms with E-state index in [9.17, 15) is 9.59 Å². The van der Waals surface area contributed by atoms with Crippen LogP contribution in [0.25, 0.3) is 0 Å². The van der Waals surface area contributed by atoms with Crippen molar-refractivity contribution in [2.45, 2.75) is 6.92 Å². The van der Waals surface area contributed by atoms with Crippen LogP contribution in [0.15, 0.2) is 24.3 Å². The molecule has 0 radical (unpaired) electrons. The molecule has 0 aliphatic heterocycles. The number of esters is 1. The SMILES string of the molecule is CNC(=O)Oc1cccc(OC(C)=O)c1. The average molecular weight is 209 g/mol. The summed E-state index contributed by atoms with van der Waals surface area (Å²) in [5.74, 6) is 0.226. The van der Waals surface area contributed by atoms with E-state index in [2.05, 4.69) is 5.32 Å². The largest absolute Gasteiger partial charge is 0.427 e. The molecule has 0 unspecified atom stereocenters. The molecule has 0 saturated heterocycles. The standard InChI is InChI=1S/C10H11NO4/c1-7(12)14-8-4-3-5-9(6-8)15-10(13)11-2/h3-6H,1-2H3,(H,11,13). The van der Waals surface area contributed by atoms with Gasteiger partial charge < -0.3 is 14.8 Å². The van der Waals surface area contributed by atoms with Crippen LogP contribution in [0.4, 0.5) is 4.79 Å². The number of nitrogens with one attached hydrogen (secondary N) is 1. The first kappa shape index (κ1) is 11.0. The maximum Gasteiger partial charge on any atom is 0.412 e. The van der Waals surface area contributed by atoms with Crippen molar-refractivity contribution in [3.05, 3.63) is 24.3 Å². The monoisotopic (exact) mass is 209 g/mol. The second-order valence-corrected chi connectivity index (χ2v) is 2.71. The van der Waals surface area contributed by atoms with Crippen LogP contribution in [0.1, 0.15) is 6.92 Å². The first-order valence-electron chi connectivity index (χ1n) is 4.30. The molecule has 0 fully saturated rings. The quantitative estimate of drug-likeness (QED) is 0.589. The zero-order chi connectivity index (χ0) is 11.3. The lowest BCUT2D eigenvalue weighted by Crippen LogP contribution is -2.22. The van der Waals surface area contributed by atoms with Gasteiger partial charge in [0.1, 0.15) is 11.5 Å². The first-order valence-corrected chi connectivity index (χ1v) is 4.30. The van der Waals surface area contributed by atoms with Crippen LogP contribution in [-0.4, -0.2) is 19.1 Å². The van der Waals surface area contributed by atoms with E-state index >= 15 is 0 Å². The second kappa shape index (κ2) is 4.99. The molecule has 1 rings (SSSR count). The maximum atomic E-state index is 10.9. The van der Waals surface area contributed by atoms with Crippen LogP contribution in [0.3, 0.4) is 0 Å². The maximum absolute atomic E-state index is 10.9. The van der Waals surface area contributed by atoms with Gasteiger partial charge in [0, 0.05) is 20.0 Å². The van der Waals surface area contributed by atoms with Gasteiger partial charge in [-0.05, 0) is 12.1 Å². The molecule has 0 heterocycles. The lowest BCUT2D eigenvalue weighted by Gasteiger charge is -2.05. The van der Waals surface area contributed by atoms with Crippen LogP contribution < -0.4 is 14.8 Å². The van der Waals surface area contributed by atoms with Crippen LogP contribution >= 0.6 is 0 Å². The van der Waals surface area contributed by atoms with Crippen LogP contribution in [0.5, 0.6) is 11.5 Å². The van der Waals surface area contributed by atoms with Gasteiger partial charge in [0.15, 0.2) is 0 Å². The highest BCUT2D eigenvalue weighted by atomic mass is 16.6. The number of rotatable bonds is 2. The van der Waals surface area contributed by atoms with Crippen LogP contribution in [0.2, 0.25) is 0 Å². The van der Waals surface area contributed by atoms with Crippen molar-refractivity contribution in [3.8, 4) is 11.5 Å². The fourth-order valence-corrected chi connectivity index (χ4v) is 0.925. The van der Waals surface area contributed by atoms with Crippen molar-refractivity contribution in [1.29, 1.82) is 0 Å². The van der Waals surface area contributed by atoms with E-state index < -0.39 is 12.1 Å². The summed E-state index contributed by atoms with van der Waals surface area (Å²) in [4.78, 5) is 21.5. The van der Waals surface area contributed by atoms with E-state index in [0.29, 0.717) is 11.5 Å². The molecule has 0 atom stereocenters. The van der Waals surface area contributed by atoms with Gasteiger partial charge >= 0.3 is 12.1 Å². The van der Waals surface area contributed by atoms with Crippen molar-refractivity contribution < 1.29 is 19.1 Å². The van der Waals surface area contributed by atoms with Gasteiger partial charge in [-0.15, -0.1) is 0 Å². The Morgan fingerprint density at radius 1 is 1.20 bits per heavy atom. The summed E-state index contributed by atoms with van der Waals surface area (Å²) in [5.41, 5.74) is 0. The van der Waals surface area contributed by atoms with Crippen LogP contribution in [-0.2, 0) is 4.79 Å². The van der Waals surface area contributed by atoms with E-state index in [1.54, 1.807) is 18.2 Å². The molecule has 15 heavy (non-hydrogen) atoms. The zero-order valence-corrected chi connectivity index (χ0v) is 8.44. The van der Waals surface area contributed by atoms with Crippen molar-refractivity contribution in [2.75, 3.05) is 7.05 Å². The molecular weight excluding hydrogens is 198 g/mol. The normalized spacial score (nSPS) is 9.20. The molecule has 1 N–H and O–H groups in total. The third kappa shape index (κ3) is 3.68. The lowest BCUT2D eigenvalue weighted by atomic mass is 10.3. The molecule has 0 spiro atoms. The Bertz CT molecular complexity index is 375. The number of hydrogen-bond donors (Lipinski definition) is 1. The number of hydrogen-bond acceptors (Lipinski definition) is 4. The molecule has 5 nitrogen and oxygen atoms in total. The molecule has 0 aliphatic carbocycles. The smallest absolute Gasteiger partial charge is 0.412 e. The second-order valence-electron chi connectivity index (χ2n) is 2.71. The van der Waals surface area contributed by atoms with Crippen molar-refractivity contribution in [1.82, 2.24) is 5.32 Å². The van der Waals surface area contributed by atoms with E-state index in [4.69, 9.17) is 9.47 Å². The van der Waals surface area contributed by atoms with Crippen molar-refractivity contribution in [3.63, 3.8) is 0 Å². The van der Waals surface area contributed by atoms with Crippen LogP contribution in [0, 0.1) is 0 Å². The topological polar surface area (TPSA) is 64.6 Å². The highest BCUT2D eigenvalue weighted by Crippen LogP contribution is 2.19. The van der Waals surface area contributed by atoms with Gasteiger partial charge in [-0.3, -0.25) is 4.79 Å². The molecule has 0 saturated carbocycles. The molecule has 0 bridgehead atoms. The highest BCUT2D eigenvalue weighted by molar-refractivity contribution is 5.71. The van der Waals surface area contributed by atoms with Crippen molar-refractivity contribution >= 4 is 12.1 Å². The Balaban J connectivity index is 2.74. The number of benzene rings is 1. The van der Waals surface area contributed by atoms with E-state index in [0.717, 1.165) is 0 Å². The number of amides is 1. The van der Waals surface area contributed by atoms with Gasteiger partial charge in [0.2, 0.25) is 0 Å². The summed E-state index contributed by atoms with van der Waals surface area (Å²) >= 11 is 0. The summed E-state index contributed by atoms with van der Waals surface area (Å²) in [7, 11) is 1.46. The Hall–Kier alpha value is -2.04. The van der Waals surface area contributed by atoms with Gasteiger partial charge in [-0.25, -0.2) is 4.79 Å².